The van der Waals surface area contributed by atoms with Crippen LogP contribution in [0.2, 0.25) is 0 Å². The second kappa shape index (κ2) is 6.59. The number of hydrogen-bond acceptors (Lipinski definition) is 3. The van der Waals surface area contributed by atoms with Crippen molar-refractivity contribution in [3.05, 3.63) is 29.3 Å². The van der Waals surface area contributed by atoms with Crippen LogP contribution in [0.15, 0.2) is 18.2 Å². The van der Waals surface area contributed by atoms with Crippen LogP contribution >= 0.6 is 0 Å². The van der Waals surface area contributed by atoms with Gasteiger partial charge in [-0.05, 0) is 38.3 Å². The van der Waals surface area contributed by atoms with Gasteiger partial charge in [0.1, 0.15) is 5.75 Å². The Morgan fingerprint density at radius 2 is 2.15 bits per heavy atom. The van der Waals surface area contributed by atoms with E-state index in [1.807, 2.05) is 6.07 Å². The van der Waals surface area contributed by atoms with Crippen molar-refractivity contribution in [2.24, 2.45) is 11.7 Å². The second-order valence-corrected chi connectivity index (χ2v) is 6.30. The fraction of sp³-hybridized carbons (Fsp3) is 0.647. The monoisotopic (exact) mass is 276 g/mol. The van der Waals surface area contributed by atoms with Gasteiger partial charge in [0.05, 0.1) is 7.11 Å². The molecular formula is C17H28N2O. The highest BCUT2D eigenvalue weighted by Crippen LogP contribution is 2.29. The molecule has 0 aliphatic carbocycles. The standard InChI is InChI=1S/C17H28N2O/c1-12(2)16-6-5-9-19(16)11-15(18)14-10-13(3)7-8-17(14)20-4/h7-8,10,12,15-16H,5-6,9,11,18H2,1-4H3. The van der Waals surface area contributed by atoms with Crippen molar-refractivity contribution in [3.63, 3.8) is 0 Å². The Kier molecular flexibility index (Phi) is 5.06. The Labute approximate surface area is 123 Å². The van der Waals surface area contributed by atoms with Gasteiger partial charge in [-0.2, -0.15) is 0 Å². The average Bonchev–Trinajstić information content (AvgIpc) is 2.87. The minimum absolute atomic E-state index is 0.0178. The van der Waals surface area contributed by atoms with E-state index in [-0.39, 0.29) is 6.04 Å². The van der Waals surface area contributed by atoms with Crippen molar-refractivity contribution in [1.82, 2.24) is 4.90 Å². The molecule has 0 spiro atoms. The fourth-order valence-electron chi connectivity index (χ4n) is 3.33. The first-order valence-corrected chi connectivity index (χ1v) is 7.67. The third-order valence-electron chi connectivity index (χ3n) is 4.40. The predicted molar refractivity (Wildman–Crippen MR) is 84.1 cm³/mol. The molecule has 1 aromatic rings. The Morgan fingerprint density at radius 3 is 2.80 bits per heavy atom. The number of benzene rings is 1. The molecule has 0 bridgehead atoms. The predicted octanol–water partition coefficient (Wildman–Crippen LogP) is 3.12. The van der Waals surface area contributed by atoms with E-state index in [1.54, 1.807) is 7.11 Å². The summed E-state index contributed by atoms with van der Waals surface area (Å²) < 4.78 is 5.46. The third-order valence-corrected chi connectivity index (χ3v) is 4.40. The van der Waals surface area contributed by atoms with Crippen molar-refractivity contribution in [3.8, 4) is 5.75 Å². The summed E-state index contributed by atoms with van der Waals surface area (Å²) >= 11 is 0. The summed E-state index contributed by atoms with van der Waals surface area (Å²) in [5, 5.41) is 0. The minimum atomic E-state index is 0.0178. The third kappa shape index (κ3) is 3.33. The van der Waals surface area contributed by atoms with Crippen molar-refractivity contribution in [2.75, 3.05) is 20.2 Å². The molecule has 1 aliphatic heterocycles. The molecule has 1 fully saturated rings. The maximum atomic E-state index is 6.46. The van der Waals surface area contributed by atoms with E-state index in [4.69, 9.17) is 10.5 Å². The smallest absolute Gasteiger partial charge is 0.123 e. The molecule has 3 heteroatoms. The van der Waals surface area contributed by atoms with E-state index in [2.05, 4.69) is 37.8 Å². The fourth-order valence-corrected chi connectivity index (χ4v) is 3.33. The number of methoxy groups -OCH3 is 1. The van der Waals surface area contributed by atoms with Crippen LogP contribution in [0.25, 0.3) is 0 Å². The number of likely N-dealkylation sites (tertiary alicyclic amines) is 1. The number of nitrogens with two attached hydrogens (primary N) is 1. The molecule has 1 saturated heterocycles. The lowest BCUT2D eigenvalue weighted by atomic mass is 9.99. The van der Waals surface area contributed by atoms with Gasteiger partial charge in [0.25, 0.3) is 0 Å². The van der Waals surface area contributed by atoms with Gasteiger partial charge in [0, 0.05) is 24.2 Å². The summed E-state index contributed by atoms with van der Waals surface area (Å²) in [6.07, 6.45) is 2.59. The quantitative estimate of drug-likeness (QED) is 0.898. The van der Waals surface area contributed by atoms with E-state index in [9.17, 15) is 0 Å². The van der Waals surface area contributed by atoms with E-state index < -0.39 is 0 Å². The molecule has 0 radical (unpaired) electrons. The molecule has 112 valence electrons. The van der Waals surface area contributed by atoms with Gasteiger partial charge in [-0.3, -0.25) is 4.90 Å². The summed E-state index contributed by atoms with van der Waals surface area (Å²) in [7, 11) is 1.72. The van der Waals surface area contributed by atoms with E-state index in [0.29, 0.717) is 12.0 Å². The Hall–Kier alpha value is -1.06. The van der Waals surface area contributed by atoms with E-state index >= 15 is 0 Å². The van der Waals surface area contributed by atoms with Gasteiger partial charge in [-0.1, -0.05) is 31.5 Å². The first-order chi connectivity index (χ1) is 9.52. The molecule has 2 unspecified atom stereocenters. The van der Waals surface area contributed by atoms with Gasteiger partial charge in [-0.25, -0.2) is 0 Å². The van der Waals surface area contributed by atoms with Crippen LogP contribution < -0.4 is 10.5 Å². The number of hydrogen-bond donors (Lipinski definition) is 1. The van der Waals surface area contributed by atoms with Gasteiger partial charge < -0.3 is 10.5 Å². The first-order valence-electron chi connectivity index (χ1n) is 7.67. The first kappa shape index (κ1) is 15.3. The van der Waals surface area contributed by atoms with Crippen LogP contribution in [-0.4, -0.2) is 31.1 Å². The Morgan fingerprint density at radius 1 is 1.40 bits per heavy atom. The highest BCUT2D eigenvalue weighted by Gasteiger charge is 2.28. The SMILES string of the molecule is COc1ccc(C)cc1C(N)CN1CCCC1C(C)C. The minimum Gasteiger partial charge on any atom is -0.496 e. The van der Waals surface area contributed by atoms with Crippen molar-refractivity contribution in [1.29, 1.82) is 0 Å². The highest BCUT2D eigenvalue weighted by atomic mass is 16.5. The molecule has 1 aromatic carbocycles. The molecular weight excluding hydrogens is 248 g/mol. The maximum Gasteiger partial charge on any atom is 0.123 e. The van der Waals surface area contributed by atoms with Gasteiger partial charge in [-0.15, -0.1) is 0 Å². The molecule has 3 nitrogen and oxygen atoms in total. The summed E-state index contributed by atoms with van der Waals surface area (Å²) in [4.78, 5) is 2.55. The van der Waals surface area contributed by atoms with Crippen LogP contribution in [0.1, 0.15) is 43.9 Å². The molecule has 2 N–H and O–H groups in total. The summed E-state index contributed by atoms with van der Waals surface area (Å²) in [6.45, 7) is 8.80. The Bertz CT molecular complexity index is 445. The largest absolute Gasteiger partial charge is 0.496 e. The lowest BCUT2D eigenvalue weighted by molar-refractivity contribution is 0.195. The highest BCUT2D eigenvalue weighted by molar-refractivity contribution is 5.39. The number of nitrogens with zero attached hydrogens (tertiary/aromatic N) is 1. The molecule has 1 aliphatic rings. The van der Waals surface area contributed by atoms with Crippen LogP contribution in [0.4, 0.5) is 0 Å². The number of rotatable bonds is 5. The molecule has 0 saturated carbocycles. The molecule has 1 heterocycles. The van der Waals surface area contributed by atoms with Gasteiger partial charge in [0.15, 0.2) is 0 Å². The number of aryl methyl sites for hydroxylation is 1. The second-order valence-electron chi connectivity index (χ2n) is 6.30. The van der Waals surface area contributed by atoms with Crippen LogP contribution in [0, 0.1) is 12.8 Å². The van der Waals surface area contributed by atoms with E-state index in [1.165, 1.54) is 24.9 Å². The van der Waals surface area contributed by atoms with Gasteiger partial charge >= 0.3 is 0 Å². The lowest BCUT2D eigenvalue weighted by Gasteiger charge is -2.30. The van der Waals surface area contributed by atoms with E-state index in [0.717, 1.165) is 17.9 Å². The van der Waals surface area contributed by atoms with Crippen LogP contribution in [-0.2, 0) is 0 Å². The molecule has 20 heavy (non-hydrogen) atoms. The van der Waals surface area contributed by atoms with Crippen molar-refractivity contribution in [2.45, 2.75) is 45.7 Å². The lowest BCUT2D eigenvalue weighted by Crippen LogP contribution is -2.38. The Balaban J connectivity index is 2.11. The van der Waals surface area contributed by atoms with Crippen LogP contribution in [0.5, 0.6) is 5.75 Å². The zero-order valence-electron chi connectivity index (χ0n) is 13.2. The molecule has 2 rings (SSSR count). The summed E-state index contributed by atoms with van der Waals surface area (Å²) in [6, 6.07) is 6.95. The summed E-state index contributed by atoms with van der Waals surface area (Å²) in [5.41, 5.74) is 8.82. The maximum absolute atomic E-state index is 6.46. The molecule has 2 atom stereocenters. The van der Waals surface area contributed by atoms with Crippen molar-refractivity contribution >= 4 is 0 Å². The topological polar surface area (TPSA) is 38.5 Å². The molecule has 0 amide bonds. The van der Waals surface area contributed by atoms with Crippen LogP contribution in [0.3, 0.4) is 0 Å². The molecule has 0 aromatic heterocycles. The van der Waals surface area contributed by atoms with Crippen molar-refractivity contribution < 1.29 is 4.74 Å². The van der Waals surface area contributed by atoms with Gasteiger partial charge in [0.2, 0.25) is 0 Å². The average molecular weight is 276 g/mol. The zero-order valence-corrected chi connectivity index (χ0v) is 13.2. The number of ether oxygens (including phenoxy) is 1. The normalized spacial score (nSPS) is 21.4. The summed E-state index contributed by atoms with van der Waals surface area (Å²) in [5.74, 6) is 1.60. The zero-order chi connectivity index (χ0) is 14.7.